The molecule has 1 saturated heterocycles. The maximum absolute atomic E-state index is 14.3. The molecule has 1 heterocycles. The lowest BCUT2D eigenvalue weighted by Gasteiger charge is -2.41. The summed E-state index contributed by atoms with van der Waals surface area (Å²) in [5.41, 5.74) is 0.784. The normalized spacial score (nSPS) is 20.5. The quantitative estimate of drug-likeness (QED) is 0.147. The molecule has 300 valence electrons. The molecule has 0 aromatic heterocycles. The first kappa shape index (κ1) is 45.6. The number of benzene rings is 1. The van der Waals surface area contributed by atoms with Crippen LogP contribution < -0.4 is 16.0 Å². The smallest absolute Gasteiger partial charge is 0.326 e. The fraction of sp³-hybridized carbons (Fsp3) is 0.725. The van der Waals surface area contributed by atoms with Gasteiger partial charge in [-0.1, -0.05) is 85.2 Å². The van der Waals surface area contributed by atoms with E-state index >= 15 is 0 Å². The van der Waals surface area contributed by atoms with E-state index in [9.17, 15) is 29.1 Å². The Morgan fingerprint density at radius 3 is 2.00 bits per heavy atom. The van der Waals surface area contributed by atoms with Gasteiger partial charge in [-0.2, -0.15) is 0 Å². The van der Waals surface area contributed by atoms with Crippen molar-refractivity contribution in [3.63, 3.8) is 0 Å². The number of carbonyl (C=O) groups excluding carboxylic acids is 4. The number of hydrogen-bond acceptors (Lipinski definition) is 8. The van der Waals surface area contributed by atoms with Crippen LogP contribution in [0.3, 0.4) is 0 Å². The molecule has 0 radical (unpaired) electrons. The molecule has 53 heavy (non-hydrogen) atoms. The molecule has 1 fully saturated rings. The Balaban J connectivity index is 2.31. The number of likely N-dealkylation sites (N-methyl/N-ethyl adjacent to an activating group) is 2. The highest BCUT2D eigenvalue weighted by molar-refractivity contribution is 5.90. The Kier molecular flexibility index (Phi) is 18.4. The van der Waals surface area contributed by atoms with Crippen molar-refractivity contribution in [2.24, 2.45) is 23.7 Å². The van der Waals surface area contributed by atoms with E-state index in [1.165, 1.54) is 14.2 Å². The van der Waals surface area contributed by atoms with Gasteiger partial charge in [0.2, 0.25) is 23.6 Å². The number of carboxylic acid groups (broad SMARTS) is 1. The van der Waals surface area contributed by atoms with Gasteiger partial charge in [0.15, 0.2) is 0 Å². The second kappa shape index (κ2) is 21.4. The average Bonchev–Trinajstić information content (AvgIpc) is 3.50. The highest BCUT2D eigenvalue weighted by atomic mass is 16.5. The lowest BCUT2D eigenvalue weighted by atomic mass is 9.89. The van der Waals surface area contributed by atoms with Gasteiger partial charge < -0.3 is 40.3 Å². The first-order chi connectivity index (χ1) is 24.9. The van der Waals surface area contributed by atoms with Crippen molar-refractivity contribution in [3.05, 3.63) is 35.9 Å². The second-order valence-electron chi connectivity index (χ2n) is 15.4. The van der Waals surface area contributed by atoms with Crippen molar-refractivity contribution >= 4 is 29.6 Å². The van der Waals surface area contributed by atoms with Gasteiger partial charge in [-0.05, 0) is 50.1 Å². The zero-order valence-electron chi connectivity index (χ0n) is 34.0. The molecule has 1 aromatic carbocycles. The number of amides is 4. The number of likely N-dealkylation sites (tertiary alicyclic amines) is 1. The molecular weight excluding hydrogens is 678 g/mol. The summed E-state index contributed by atoms with van der Waals surface area (Å²) in [7, 11) is 6.47. The number of rotatable bonds is 21. The van der Waals surface area contributed by atoms with Crippen LogP contribution in [-0.4, -0.2) is 121 Å². The Labute approximate surface area is 317 Å². The van der Waals surface area contributed by atoms with E-state index in [2.05, 4.69) is 16.0 Å². The van der Waals surface area contributed by atoms with Crippen LogP contribution in [0.5, 0.6) is 0 Å². The van der Waals surface area contributed by atoms with Crippen molar-refractivity contribution in [3.8, 4) is 0 Å². The van der Waals surface area contributed by atoms with Crippen LogP contribution in [0.1, 0.15) is 86.6 Å². The number of hydrogen-bond donors (Lipinski definition) is 4. The van der Waals surface area contributed by atoms with Crippen LogP contribution in [-0.2, 0) is 39.9 Å². The molecule has 4 unspecified atom stereocenters. The molecule has 10 atom stereocenters. The lowest BCUT2D eigenvalue weighted by Crippen LogP contribution is -2.59. The monoisotopic (exact) mass is 745 g/mol. The molecule has 0 aliphatic carbocycles. The van der Waals surface area contributed by atoms with Crippen LogP contribution >= 0.6 is 0 Å². The zero-order chi connectivity index (χ0) is 40.2. The van der Waals surface area contributed by atoms with Crippen molar-refractivity contribution < 1.29 is 38.6 Å². The van der Waals surface area contributed by atoms with Gasteiger partial charge >= 0.3 is 5.97 Å². The van der Waals surface area contributed by atoms with Gasteiger partial charge in [0.25, 0.3) is 0 Å². The molecule has 0 spiro atoms. The number of aliphatic carboxylic acids is 1. The van der Waals surface area contributed by atoms with Gasteiger partial charge in [-0.15, -0.1) is 0 Å². The van der Waals surface area contributed by atoms with E-state index in [1.54, 1.807) is 30.8 Å². The molecule has 1 aliphatic rings. The SMILES string of the molecule is CC[C@H](C)C(C(CC(=O)N1C(C)CC[C@H]1[C@H](OC)[C@@H](C)C(=O)NC(Cc1ccccc1)C(=O)O)OC)N(C)C(=O)[C@@H](NC(=O)[C@@H](NC)C(C)C)C(C)C. The summed E-state index contributed by atoms with van der Waals surface area (Å²) >= 11 is 0. The fourth-order valence-electron chi connectivity index (χ4n) is 7.72. The molecule has 4 N–H and O–H groups in total. The molecule has 1 aromatic rings. The summed E-state index contributed by atoms with van der Waals surface area (Å²) in [6.07, 6.45) is 0.748. The first-order valence-electron chi connectivity index (χ1n) is 19.1. The maximum atomic E-state index is 14.3. The predicted octanol–water partition coefficient (Wildman–Crippen LogP) is 3.49. The van der Waals surface area contributed by atoms with Crippen molar-refractivity contribution in [2.75, 3.05) is 28.3 Å². The minimum Gasteiger partial charge on any atom is -0.480 e. The van der Waals surface area contributed by atoms with Crippen molar-refractivity contribution in [1.82, 2.24) is 25.8 Å². The van der Waals surface area contributed by atoms with E-state index in [0.29, 0.717) is 19.3 Å². The van der Waals surface area contributed by atoms with E-state index in [1.807, 2.05) is 78.8 Å². The molecular formula is C40H67N5O8. The molecule has 2 rings (SSSR count). The van der Waals surface area contributed by atoms with E-state index in [0.717, 1.165) is 5.56 Å². The summed E-state index contributed by atoms with van der Waals surface area (Å²) in [6.45, 7) is 15.4. The van der Waals surface area contributed by atoms with Gasteiger partial charge in [0.1, 0.15) is 12.1 Å². The van der Waals surface area contributed by atoms with Gasteiger partial charge in [-0.3, -0.25) is 19.2 Å². The molecule has 1 aliphatic heterocycles. The largest absolute Gasteiger partial charge is 0.480 e. The molecule has 0 bridgehead atoms. The third kappa shape index (κ3) is 12.0. The second-order valence-corrected chi connectivity index (χ2v) is 15.4. The fourth-order valence-corrected chi connectivity index (χ4v) is 7.72. The third-order valence-electron chi connectivity index (χ3n) is 11.0. The zero-order valence-corrected chi connectivity index (χ0v) is 34.0. The summed E-state index contributed by atoms with van der Waals surface area (Å²) in [4.78, 5) is 70.8. The van der Waals surface area contributed by atoms with E-state index < -0.39 is 60.2 Å². The first-order valence-corrected chi connectivity index (χ1v) is 19.1. The van der Waals surface area contributed by atoms with Gasteiger partial charge in [-0.25, -0.2) is 4.79 Å². The Morgan fingerprint density at radius 2 is 1.51 bits per heavy atom. The number of nitrogens with one attached hydrogen (secondary N) is 3. The number of nitrogens with zero attached hydrogens (tertiary/aromatic N) is 2. The van der Waals surface area contributed by atoms with Crippen molar-refractivity contribution in [1.29, 1.82) is 0 Å². The van der Waals surface area contributed by atoms with Crippen LogP contribution in [0.2, 0.25) is 0 Å². The predicted molar refractivity (Wildman–Crippen MR) is 205 cm³/mol. The highest BCUT2D eigenvalue weighted by Gasteiger charge is 2.45. The maximum Gasteiger partial charge on any atom is 0.326 e. The summed E-state index contributed by atoms with van der Waals surface area (Å²) < 4.78 is 11.9. The minimum absolute atomic E-state index is 0.0190. The number of carbonyl (C=O) groups is 5. The number of carboxylic acids is 1. The summed E-state index contributed by atoms with van der Waals surface area (Å²) in [5.74, 6) is -3.30. The Bertz CT molecular complexity index is 1340. The van der Waals surface area contributed by atoms with E-state index in [4.69, 9.17) is 9.47 Å². The number of methoxy groups -OCH3 is 2. The summed E-state index contributed by atoms with van der Waals surface area (Å²) in [5, 5.41) is 18.6. The third-order valence-corrected chi connectivity index (χ3v) is 11.0. The lowest BCUT2D eigenvalue weighted by molar-refractivity contribution is -0.149. The average molecular weight is 746 g/mol. The Hall–Kier alpha value is -3.55. The van der Waals surface area contributed by atoms with E-state index in [-0.39, 0.29) is 54.4 Å². The van der Waals surface area contributed by atoms with Gasteiger partial charge in [0, 0.05) is 33.7 Å². The van der Waals surface area contributed by atoms with Gasteiger partial charge in [0.05, 0.1) is 42.7 Å². The molecule has 13 nitrogen and oxygen atoms in total. The molecule has 0 saturated carbocycles. The Morgan fingerprint density at radius 1 is 0.906 bits per heavy atom. The summed E-state index contributed by atoms with van der Waals surface area (Å²) in [6, 6.07) is 5.65. The minimum atomic E-state index is -1.14. The van der Waals surface area contributed by atoms with Crippen molar-refractivity contribution in [2.45, 2.75) is 136 Å². The van der Waals surface area contributed by atoms with Crippen LogP contribution in [0, 0.1) is 23.7 Å². The van der Waals surface area contributed by atoms with Crippen LogP contribution in [0.15, 0.2) is 30.3 Å². The standard InChI is InChI=1S/C40H67N5O8/c1-13-25(6)35(44(10)39(49)34(24(4)5)43-38(48)33(41-9)23(2)3)31(52-11)22-32(46)45-26(7)19-20-30(45)36(53-12)27(8)37(47)42-29(40(50)51)21-28-17-15-14-16-18-28/h14-18,23-27,29-31,33-36,41H,13,19-22H2,1-12H3,(H,42,47)(H,43,48)(H,50,51)/t25-,26?,27+,29?,30-,31?,33-,34-,35?,36+/m0/s1. The van der Waals surface area contributed by atoms with Crippen LogP contribution in [0.4, 0.5) is 0 Å². The number of ether oxygens (including phenoxy) is 2. The van der Waals surface area contributed by atoms with Crippen LogP contribution in [0.25, 0.3) is 0 Å². The molecule has 4 amide bonds. The topological polar surface area (TPSA) is 167 Å². The molecule has 13 heteroatoms. The highest BCUT2D eigenvalue weighted by Crippen LogP contribution is 2.33.